The Kier molecular flexibility index (Phi) is 5.55. The molecule has 2 aromatic heterocycles. The summed E-state index contributed by atoms with van der Waals surface area (Å²) >= 11 is 0. The molecule has 0 spiro atoms. The Bertz CT molecular complexity index is 735. The van der Waals surface area contributed by atoms with Gasteiger partial charge in [0.05, 0.1) is 16.2 Å². The van der Waals surface area contributed by atoms with Gasteiger partial charge in [-0.25, -0.2) is 19.7 Å². The highest BCUT2D eigenvalue weighted by Crippen LogP contribution is 2.12. The number of anilines is 2. The van der Waals surface area contributed by atoms with Gasteiger partial charge in [-0.1, -0.05) is 6.92 Å². The molecular weight excluding hydrogens is 316 g/mol. The van der Waals surface area contributed by atoms with E-state index in [2.05, 4.69) is 25.6 Å². The average molecular weight is 332 g/mol. The lowest BCUT2D eigenvalue weighted by Crippen LogP contribution is -2.17. The van der Waals surface area contributed by atoms with Gasteiger partial charge in [0.25, 0.3) is 5.69 Å². The second kappa shape index (κ2) is 7.81. The summed E-state index contributed by atoms with van der Waals surface area (Å²) in [4.78, 5) is 33.1. The third kappa shape index (κ3) is 4.35. The lowest BCUT2D eigenvalue weighted by molar-refractivity contribution is -0.385. The number of nitro groups is 1. The van der Waals surface area contributed by atoms with Crippen molar-refractivity contribution in [1.29, 1.82) is 0 Å². The molecule has 0 aliphatic heterocycles. The number of carbonyl (C=O) groups is 1. The summed E-state index contributed by atoms with van der Waals surface area (Å²) in [5.41, 5.74) is 0.485. The lowest BCUT2D eigenvalue weighted by atomic mass is 10.2. The molecule has 0 saturated carbocycles. The predicted octanol–water partition coefficient (Wildman–Crippen LogP) is 1.56. The first kappa shape index (κ1) is 17.1. The van der Waals surface area contributed by atoms with Crippen molar-refractivity contribution in [1.82, 2.24) is 15.0 Å². The van der Waals surface area contributed by atoms with E-state index in [0.29, 0.717) is 37.0 Å². The minimum atomic E-state index is -1.05. The number of hydrogen-bond donors (Lipinski definition) is 3. The van der Waals surface area contributed by atoms with Crippen LogP contribution in [0.2, 0.25) is 0 Å². The van der Waals surface area contributed by atoms with Gasteiger partial charge in [-0.2, -0.15) is 0 Å². The Balaban J connectivity index is 1.86. The number of aryl methyl sites for hydroxylation is 1. The maximum absolute atomic E-state index is 11.0. The van der Waals surface area contributed by atoms with Crippen molar-refractivity contribution in [2.45, 2.75) is 13.3 Å². The van der Waals surface area contributed by atoms with Crippen LogP contribution in [0.15, 0.2) is 24.5 Å². The van der Waals surface area contributed by atoms with Gasteiger partial charge in [-0.3, -0.25) is 10.1 Å². The summed E-state index contributed by atoms with van der Waals surface area (Å²) in [5, 5.41) is 25.5. The molecule has 0 amide bonds. The topological polar surface area (TPSA) is 143 Å². The van der Waals surface area contributed by atoms with Crippen LogP contribution >= 0.6 is 0 Å². The lowest BCUT2D eigenvalue weighted by Gasteiger charge is -2.09. The maximum atomic E-state index is 11.0. The number of hydrogen-bond acceptors (Lipinski definition) is 8. The fraction of sp³-hybridized carbons (Fsp3) is 0.286. The van der Waals surface area contributed by atoms with E-state index in [-0.39, 0.29) is 11.3 Å². The summed E-state index contributed by atoms with van der Waals surface area (Å²) in [6.07, 6.45) is 2.95. The van der Waals surface area contributed by atoms with Crippen LogP contribution in [0, 0.1) is 10.1 Å². The molecule has 126 valence electrons. The van der Waals surface area contributed by atoms with Crippen LogP contribution < -0.4 is 10.6 Å². The van der Waals surface area contributed by atoms with Crippen molar-refractivity contribution in [2.75, 3.05) is 23.7 Å². The number of nitrogens with one attached hydrogen (secondary N) is 2. The molecule has 0 radical (unpaired) electrons. The first-order chi connectivity index (χ1) is 11.5. The summed E-state index contributed by atoms with van der Waals surface area (Å²) in [7, 11) is 0. The Labute approximate surface area is 137 Å². The second-order valence-electron chi connectivity index (χ2n) is 4.72. The number of nitrogens with zero attached hydrogens (tertiary/aromatic N) is 4. The number of aromatic nitrogens is 3. The Hall–Kier alpha value is -3.30. The van der Waals surface area contributed by atoms with Gasteiger partial charge in [-0.05, 0) is 12.5 Å². The summed E-state index contributed by atoms with van der Waals surface area (Å²) < 4.78 is 0. The fourth-order valence-electron chi connectivity index (χ4n) is 1.91. The highest BCUT2D eigenvalue weighted by atomic mass is 16.6. The van der Waals surface area contributed by atoms with Gasteiger partial charge in [0, 0.05) is 25.4 Å². The normalized spacial score (nSPS) is 10.2. The largest absolute Gasteiger partial charge is 0.478 e. The van der Waals surface area contributed by atoms with E-state index in [0.717, 1.165) is 0 Å². The first-order valence-electron chi connectivity index (χ1n) is 7.18. The summed E-state index contributed by atoms with van der Waals surface area (Å²) in [5.74, 6) is -0.196. The molecule has 2 rings (SSSR count). The van der Waals surface area contributed by atoms with Crippen LogP contribution in [-0.4, -0.2) is 44.0 Å². The molecule has 0 unspecified atom stereocenters. The molecule has 0 aliphatic carbocycles. The van der Waals surface area contributed by atoms with Gasteiger partial charge < -0.3 is 15.7 Å². The van der Waals surface area contributed by atoms with Crippen molar-refractivity contribution in [3.8, 4) is 0 Å². The van der Waals surface area contributed by atoms with E-state index in [9.17, 15) is 14.9 Å². The standard InChI is InChI=1S/C14H16N6O4/c1-2-11-10(13(21)22)8-18-14(19-11)16-6-5-15-12-4-3-9(7-17-12)20(23)24/h3-4,7-8H,2,5-6H2,1H3,(H,15,17)(H,21,22)(H,16,18,19). The van der Waals surface area contributed by atoms with Crippen molar-refractivity contribution in [3.05, 3.63) is 45.9 Å². The summed E-state index contributed by atoms with van der Waals surface area (Å²) in [6, 6.07) is 2.88. The van der Waals surface area contributed by atoms with Crippen LogP contribution in [0.1, 0.15) is 23.0 Å². The highest BCUT2D eigenvalue weighted by Gasteiger charge is 2.11. The molecule has 3 N–H and O–H groups in total. The molecule has 2 heterocycles. The molecule has 2 aromatic rings. The first-order valence-corrected chi connectivity index (χ1v) is 7.18. The van der Waals surface area contributed by atoms with Crippen LogP contribution in [0.4, 0.5) is 17.5 Å². The van der Waals surface area contributed by atoms with E-state index >= 15 is 0 Å². The van der Waals surface area contributed by atoms with Crippen molar-refractivity contribution >= 4 is 23.4 Å². The molecule has 0 saturated heterocycles. The molecule has 10 heteroatoms. The minimum absolute atomic E-state index is 0.0716. The number of carboxylic acids is 1. The van der Waals surface area contributed by atoms with E-state index in [1.807, 2.05) is 6.92 Å². The number of aromatic carboxylic acids is 1. The number of pyridine rings is 1. The molecule has 0 aromatic carbocycles. The van der Waals surface area contributed by atoms with Crippen LogP contribution in [0.25, 0.3) is 0 Å². The van der Waals surface area contributed by atoms with Crippen LogP contribution in [-0.2, 0) is 6.42 Å². The molecule has 0 bridgehead atoms. The third-order valence-corrected chi connectivity index (χ3v) is 3.11. The average Bonchev–Trinajstić information content (AvgIpc) is 2.58. The Morgan fingerprint density at radius 3 is 2.58 bits per heavy atom. The predicted molar refractivity (Wildman–Crippen MR) is 86.2 cm³/mol. The molecule has 0 atom stereocenters. The van der Waals surface area contributed by atoms with Gasteiger partial charge in [0.1, 0.15) is 12.0 Å². The maximum Gasteiger partial charge on any atom is 0.339 e. The smallest absolute Gasteiger partial charge is 0.339 e. The zero-order chi connectivity index (χ0) is 17.5. The molecule has 0 aliphatic rings. The van der Waals surface area contributed by atoms with E-state index in [4.69, 9.17) is 5.11 Å². The minimum Gasteiger partial charge on any atom is -0.478 e. The van der Waals surface area contributed by atoms with Gasteiger partial charge in [-0.15, -0.1) is 0 Å². The highest BCUT2D eigenvalue weighted by molar-refractivity contribution is 5.88. The Morgan fingerprint density at radius 1 is 1.25 bits per heavy atom. The van der Waals surface area contributed by atoms with Crippen LogP contribution in [0.3, 0.4) is 0 Å². The van der Waals surface area contributed by atoms with Gasteiger partial charge in [0.15, 0.2) is 0 Å². The number of carboxylic acid groups (broad SMARTS) is 1. The third-order valence-electron chi connectivity index (χ3n) is 3.11. The van der Waals surface area contributed by atoms with Gasteiger partial charge in [0.2, 0.25) is 5.95 Å². The van der Waals surface area contributed by atoms with Crippen LogP contribution in [0.5, 0.6) is 0 Å². The van der Waals surface area contributed by atoms with E-state index in [1.165, 1.54) is 24.5 Å². The SMILES string of the molecule is CCc1nc(NCCNc2ccc([N+](=O)[O-])cn2)ncc1C(=O)O. The van der Waals surface area contributed by atoms with Crippen molar-refractivity contribution < 1.29 is 14.8 Å². The summed E-state index contributed by atoms with van der Waals surface area (Å²) in [6.45, 7) is 2.77. The quantitative estimate of drug-likeness (QED) is 0.372. The second-order valence-corrected chi connectivity index (χ2v) is 4.72. The zero-order valence-electron chi connectivity index (χ0n) is 12.9. The van der Waals surface area contributed by atoms with Gasteiger partial charge >= 0.3 is 5.97 Å². The number of rotatable bonds is 8. The zero-order valence-corrected chi connectivity index (χ0v) is 12.9. The molecule has 10 nitrogen and oxygen atoms in total. The van der Waals surface area contributed by atoms with E-state index < -0.39 is 10.9 Å². The monoisotopic (exact) mass is 332 g/mol. The molecule has 0 fully saturated rings. The van der Waals surface area contributed by atoms with E-state index in [1.54, 1.807) is 0 Å². The Morgan fingerprint density at radius 2 is 2.00 bits per heavy atom. The molecule has 24 heavy (non-hydrogen) atoms. The van der Waals surface area contributed by atoms with Crippen molar-refractivity contribution in [3.63, 3.8) is 0 Å². The fourth-order valence-corrected chi connectivity index (χ4v) is 1.91. The van der Waals surface area contributed by atoms with Crippen molar-refractivity contribution in [2.24, 2.45) is 0 Å². The molecular formula is C14H16N6O4.